The number of nitrogen functional groups attached to an aromatic ring is 1. The lowest BCUT2D eigenvalue weighted by molar-refractivity contribution is 0.146. The average Bonchev–Trinajstić information content (AvgIpc) is 2.30. The Morgan fingerprint density at radius 3 is 2.50 bits per heavy atom. The SMILES string of the molecule is COc1c(Br)cc(Br)c2nc(C(F)F)cc(N)c12. The fourth-order valence-corrected chi connectivity index (χ4v) is 3.08. The topological polar surface area (TPSA) is 48.1 Å². The average molecular weight is 382 g/mol. The number of hydrogen-bond acceptors (Lipinski definition) is 3. The summed E-state index contributed by atoms with van der Waals surface area (Å²) >= 11 is 6.60. The van der Waals surface area contributed by atoms with Crippen LogP contribution < -0.4 is 10.5 Å². The Kier molecular flexibility index (Phi) is 3.72. The second kappa shape index (κ2) is 4.97. The van der Waals surface area contributed by atoms with Crippen LogP contribution in [-0.2, 0) is 0 Å². The van der Waals surface area contributed by atoms with Crippen molar-refractivity contribution in [1.82, 2.24) is 4.98 Å². The highest BCUT2D eigenvalue weighted by atomic mass is 79.9. The Morgan fingerprint density at radius 1 is 1.28 bits per heavy atom. The molecular weight excluding hydrogens is 374 g/mol. The molecule has 2 rings (SSSR count). The van der Waals surface area contributed by atoms with Crippen LogP contribution >= 0.6 is 31.9 Å². The van der Waals surface area contributed by atoms with Gasteiger partial charge in [-0.3, -0.25) is 0 Å². The third-order valence-corrected chi connectivity index (χ3v) is 3.61. The normalized spacial score (nSPS) is 11.2. The highest BCUT2D eigenvalue weighted by Gasteiger charge is 2.18. The minimum atomic E-state index is -2.67. The van der Waals surface area contributed by atoms with Crippen LogP contribution in [0.3, 0.4) is 0 Å². The van der Waals surface area contributed by atoms with E-state index in [1.165, 1.54) is 7.11 Å². The minimum absolute atomic E-state index is 0.203. The second-order valence-corrected chi connectivity index (χ2v) is 5.24. The zero-order chi connectivity index (χ0) is 13.4. The van der Waals surface area contributed by atoms with E-state index in [2.05, 4.69) is 36.8 Å². The number of fused-ring (bicyclic) bond motifs is 1. The minimum Gasteiger partial charge on any atom is -0.495 e. The molecular formula is C11H8Br2F2N2O. The van der Waals surface area contributed by atoms with Gasteiger partial charge in [0.05, 0.1) is 22.5 Å². The lowest BCUT2D eigenvalue weighted by atomic mass is 10.1. The maximum Gasteiger partial charge on any atom is 0.280 e. The molecule has 0 aliphatic rings. The fraction of sp³-hybridized carbons (Fsp3) is 0.182. The Bertz CT molecular complexity index is 620. The standard InChI is InChI=1S/C11H8Br2F2N2O/c1-18-10-5(13)2-4(12)9-8(10)6(16)3-7(17-9)11(14)15/h2-3,11H,1H3,(H2,16,17). The van der Waals surface area contributed by atoms with Crippen molar-refractivity contribution < 1.29 is 13.5 Å². The summed E-state index contributed by atoms with van der Waals surface area (Å²) in [5.74, 6) is 0.471. The summed E-state index contributed by atoms with van der Waals surface area (Å²) in [6, 6.07) is 2.84. The Labute approximate surface area is 119 Å². The Balaban J connectivity index is 2.90. The van der Waals surface area contributed by atoms with Crippen molar-refractivity contribution >= 4 is 48.5 Å². The van der Waals surface area contributed by atoms with Crippen molar-refractivity contribution in [2.75, 3.05) is 12.8 Å². The van der Waals surface area contributed by atoms with Crippen LogP contribution in [0.4, 0.5) is 14.5 Å². The first-order valence-electron chi connectivity index (χ1n) is 4.86. The van der Waals surface area contributed by atoms with Crippen molar-refractivity contribution in [3.8, 4) is 5.75 Å². The van der Waals surface area contributed by atoms with Gasteiger partial charge >= 0.3 is 0 Å². The first kappa shape index (κ1) is 13.5. The molecule has 0 bridgehead atoms. The van der Waals surface area contributed by atoms with Crippen LogP contribution in [0.25, 0.3) is 10.9 Å². The van der Waals surface area contributed by atoms with E-state index >= 15 is 0 Å². The van der Waals surface area contributed by atoms with Gasteiger partial charge < -0.3 is 10.5 Å². The van der Waals surface area contributed by atoms with Gasteiger partial charge in [0, 0.05) is 10.2 Å². The highest BCUT2D eigenvalue weighted by Crippen LogP contribution is 2.41. The quantitative estimate of drug-likeness (QED) is 0.844. The summed E-state index contributed by atoms with van der Waals surface area (Å²) in [6.07, 6.45) is -2.67. The maximum absolute atomic E-state index is 12.7. The Hall–Kier alpha value is -0.950. The van der Waals surface area contributed by atoms with Gasteiger partial charge in [0.15, 0.2) is 0 Å². The molecule has 3 nitrogen and oxygen atoms in total. The van der Waals surface area contributed by atoms with E-state index < -0.39 is 6.43 Å². The summed E-state index contributed by atoms with van der Waals surface area (Å²) in [7, 11) is 1.48. The predicted octanol–water partition coefficient (Wildman–Crippen LogP) is 4.29. The third kappa shape index (κ3) is 2.16. The van der Waals surface area contributed by atoms with Crippen LogP contribution in [0, 0.1) is 0 Å². The van der Waals surface area contributed by atoms with Crippen LogP contribution in [0.2, 0.25) is 0 Å². The molecule has 0 aliphatic carbocycles. The number of rotatable bonds is 2. The monoisotopic (exact) mass is 380 g/mol. The molecule has 2 N–H and O–H groups in total. The van der Waals surface area contributed by atoms with Gasteiger partial charge in [-0.25, -0.2) is 13.8 Å². The van der Waals surface area contributed by atoms with E-state index in [1.54, 1.807) is 6.07 Å². The summed E-state index contributed by atoms with van der Waals surface area (Å²) < 4.78 is 31.8. The number of methoxy groups -OCH3 is 1. The van der Waals surface area contributed by atoms with E-state index in [9.17, 15) is 8.78 Å². The molecule has 96 valence electrons. The van der Waals surface area contributed by atoms with Crippen LogP contribution in [0.5, 0.6) is 5.75 Å². The zero-order valence-electron chi connectivity index (χ0n) is 9.18. The number of anilines is 1. The molecule has 1 aromatic carbocycles. The summed E-state index contributed by atoms with van der Waals surface area (Å²) in [5, 5.41) is 0.503. The molecule has 2 aromatic rings. The van der Waals surface area contributed by atoms with E-state index in [4.69, 9.17) is 10.5 Å². The van der Waals surface area contributed by atoms with Crippen molar-refractivity contribution in [3.63, 3.8) is 0 Å². The molecule has 7 heteroatoms. The predicted molar refractivity (Wildman–Crippen MR) is 73.1 cm³/mol. The molecule has 0 saturated heterocycles. The highest BCUT2D eigenvalue weighted by molar-refractivity contribution is 9.11. The number of ether oxygens (including phenoxy) is 1. The summed E-state index contributed by atoms with van der Waals surface area (Å²) in [6.45, 7) is 0. The third-order valence-electron chi connectivity index (χ3n) is 2.42. The molecule has 0 unspecified atom stereocenters. The van der Waals surface area contributed by atoms with E-state index in [0.29, 0.717) is 25.6 Å². The molecule has 0 fully saturated rings. The van der Waals surface area contributed by atoms with Gasteiger partial charge in [0.25, 0.3) is 6.43 Å². The van der Waals surface area contributed by atoms with Crippen LogP contribution in [-0.4, -0.2) is 12.1 Å². The van der Waals surface area contributed by atoms with E-state index in [0.717, 1.165) is 6.07 Å². The number of halogens is 4. The number of hydrogen-bond donors (Lipinski definition) is 1. The number of nitrogens with zero attached hydrogens (tertiary/aromatic N) is 1. The molecule has 1 heterocycles. The fourth-order valence-electron chi connectivity index (χ4n) is 1.67. The van der Waals surface area contributed by atoms with Gasteiger partial charge in [-0.1, -0.05) is 0 Å². The summed E-state index contributed by atoms with van der Waals surface area (Å²) in [4.78, 5) is 3.91. The van der Waals surface area contributed by atoms with Crippen molar-refractivity contribution in [2.24, 2.45) is 0 Å². The lowest BCUT2D eigenvalue weighted by Gasteiger charge is -2.12. The Morgan fingerprint density at radius 2 is 1.94 bits per heavy atom. The number of benzene rings is 1. The second-order valence-electron chi connectivity index (χ2n) is 3.53. The van der Waals surface area contributed by atoms with Gasteiger partial charge in [-0.05, 0) is 44.0 Å². The van der Waals surface area contributed by atoms with E-state index in [-0.39, 0.29) is 11.4 Å². The first-order chi connectivity index (χ1) is 8.45. The number of nitrogens with two attached hydrogens (primary N) is 1. The lowest BCUT2D eigenvalue weighted by Crippen LogP contribution is -1.99. The molecule has 0 saturated carbocycles. The zero-order valence-corrected chi connectivity index (χ0v) is 12.3. The van der Waals surface area contributed by atoms with Crippen molar-refractivity contribution in [3.05, 3.63) is 26.8 Å². The summed E-state index contributed by atoms with van der Waals surface area (Å²) in [5.41, 5.74) is 6.01. The molecule has 0 atom stereocenters. The number of aromatic nitrogens is 1. The van der Waals surface area contributed by atoms with E-state index in [1.807, 2.05) is 0 Å². The first-order valence-corrected chi connectivity index (χ1v) is 6.44. The number of pyridine rings is 1. The van der Waals surface area contributed by atoms with Crippen molar-refractivity contribution in [2.45, 2.75) is 6.43 Å². The van der Waals surface area contributed by atoms with Crippen molar-refractivity contribution in [1.29, 1.82) is 0 Å². The molecule has 1 aromatic heterocycles. The smallest absolute Gasteiger partial charge is 0.280 e. The maximum atomic E-state index is 12.7. The van der Waals surface area contributed by atoms with Gasteiger partial charge in [-0.2, -0.15) is 0 Å². The molecule has 0 amide bonds. The van der Waals surface area contributed by atoms with Gasteiger partial charge in [0.2, 0.25) is 0 Å². The number of alkyl halides is 2. The molecule has 0 spiro atoms. The van der Waals surface area contributed by atoms with Crippen LogP contribution in [0.1, 0.15) is 12.1 Å². The molecule has 0 aliphatic heterocycles. The largest absolute Gasteiger partial charge is 0.495 e. The molecule has 18 heavy (non-hydrogen) atoms. The van der Waals surface area contributed by atoms with Gasteiger partial charge in [0.1, 0.15) is 11.4 Å². The molecule has 0 radical (unpaired) electrons. The van der Waals surface area contributed by atoms with Crippen LogP contribution in [0.15, 0.2) is 21.1 Å². The van der Waals surface area contributed by atoms with Gasteiger partial charge in [-0.15, -0.1) is 0 Å².